The first-order valence-electron chi connectivity index (χ1n) is 6.89. The van der Waals surface area contributed by atoms with Crippen LogP contribution in [0.2, 0.25) is 0 Å². The molecule has 0 aliphatic heterocycles. The second-order valence-electron chi connectivity index (χ2n) is 4.82. The first kappa shape index (κ1) is 14.8. The topological polar surface area (TPSA) is 86.3 Å². The highest BCUT2D eigenvalue weighted by atomic mass is 16.5. The smallest absolute Gasteiger partial charge is 0.338 e. The second-order valence-corrected chi connectivity index (χ2v) is 4.82. The molecule has 3 rings (SSSR count). The molecule has 0 bridgehead atoms. The molecule has 0 spiro atoms. The fourth-order valence-electron chi connectivity index (χ4n) is 2.13. The number of rotatable bonds is 5. The molecule has 0 radical (unpaired) electrons. The van der Waals surface area contributed by atoms with Gasteiger partial charge in [0.2, 0.25) is 0 Å². The zero-order valence-corrected chi connectivity index (χ0v) is 12.7. The van der Waals surface area contributed by atoms with Gasteiger partial charge in [-0.3, -0.25) is 0 Å². The van der Waals surface area contributed by atoms with Gasteiger partial charge in [-0.2, -0.15) is 15.4 Å². The Labute approximate surface area is 132 Å². The lowest BCUT2D eigenvalue weighted by molar-refractivity contribution is 0.0472. The molecule has 0 aliphatic rings. The number of aromatic amines is 1. The molecule has 2 aromatic carbocycles. The molecule has 1 heterocycles. The number of carbonyl (C=O) groups is 1. The van der Waals surface area contributed by atoms with Crippen LogP contribution in [0.5, 0.6) is 11.5 Å². The molecule has 0 atom stereocenters. The van der Waals surface area contributed by atoms with Crippen LogP contribution in [-0.4, -0.2) is 35.6 Å². The van der Waals surface area contributed by atoms with E-state index in [2.05, 4.69) is 15.4 Å². The first-order valence-corrected chi connectivity index (χ1v) is 6.89. The Morgan fingerprint density at radius 2 is 1.70 bits per heavy atom. The third kappa shape index (κ3) is 3.23. The van der Waals surface area contributed by atoms with E-state index in [4.69, 9.17) is 14.2 Å². The number of fused-ring (bicyclic) bond motifs is 1. The van der Waals surface area contributed by atoms with E-state index in [0.29, 0.717) is 17.1 Å². The number of methoxy groups -OCH3 is 2. The van der Waals surface area contributed by atoms with E-state index >= 15 is 0 Å². The van der Waals surface area contributed by atoms with Gasteiger partial charge in [0, 0.05) is 6.07 Å². The van der Waals surface area contributed by atoms with E-state index < -0.39 is 5.97 Å². The standard InChI is InChI=1S/C16H15N3O4/c1-21-12-6-11(7-13(8-12)22-2)16(20)23-9-10-3-4-14-15(5-10)18-19-17-14/h3-8H,9H2,1-2H3,(H,17,18,19). The molecule has 3 aromatic rings. The molecular weight excluding hydrogens is 298 g/mol. The van der Waals surface area contributed by atoms with Crippen molar-refractivity contribution >= 4 is 17.0 Å². The van der Waals surface area contributed by atoms with Gasteiger partial charge in [0.05, 0.1) is 19.8 Å². The van der Waals surface area contributed by atoms with Gasteiger partial charge >= 0.3 is 5.97 Å². The number of nitrogens with one attached hydrogen (secondary N) is 1. The van der Waals surface area contributed by atoms with Crippen molar-refractivity contribution in [2.75, 3.05) is 14.2 Å². The van der Waals surface area contributed by atoms with Crippen molar-refractivity contribution in [2.24, 2.45) is 0 Å². The summed E-state index contributed by atoms with van der Waals surface area (Å²) in [7, 11) is 3.05. The summed E-state index contributed by atoms with van der Waals surface area (Å²) in [4.78, 5) is 12.2. The van der Waals surface area contributed by atoms with Crippen LogP contribution in [0.3, 0.4) is 0 Å². The van der Waals surface area contributed by atoms with Crippen molar-refractivity contribution in [1.29, 1.82) is 0 Å². The van der Waals surface area contributed by atoms with E-state index in [-0.39, 0.29) is 6.61 Å². The molecule has 0 saturated carbocycles. The molecule has 1 aromatic heterocycles. The van der Waals surface area contributed by atoms with E-state index in [9.17, 15) is 4.79 Å². The Hall–Kier alpha value is -3.09. The minimum absolute atomic E-state index is 0.140. The highest BCUT2D eigenvalue weighted by Gasteiger charge is 2.12. The lowest BCUT2D eigenvalue weighted by atomic mass is 10.2. The third-order valence-corrected chi connectivity index (χ3v) is 3.34. The van der Waals surface area contributed by atoms with Crippen LogP contribution < -0.4 is 9.47 Å². The molecule has 0 fully saturated rings. The molecule has 1 N–H and O–H groups in total. The van der Waals surface area contributed by atoms with Gasteiger partial charge in [-0.05, 0) is 29.8 Å². The average Bonchev–Trinajstić information content (AvgIpc) is 3.06. The monoisotopic (exact) mass is 313 g/mol. The summed E-state index contributed by atoms with van der Waals surface area (Å²) in [5.41, 5.74) is 2.68. The lowest BCUT2D eigenvalue weighted by Gasteiger charge is -2.09. The van der Waals surface area contributed by atoms with Gasteiger partial charge in [-0.25, -0.2) is 4.79 Å². The maximum atomic E-state index is 12.2. The molecule has 0 amide bonds. The van der Waals surface area contributed by atoms with Gasteiger partial charge in [0.25, 0.3) is 0 Å². The van der Waals surface area contributed by atoms with Crippen LogP contribution in [0.1, 0.15) is 15.9 Å². The van der Waals surface area contributed by atoms with Crippen molar-refractivity contribution in [3.05, 3.63) is 47.5 Å². The fourth-order valence-corrected chi connectivity index (χ4v) is 2.13. The van der Waals surface area contributed by atoms with E-state index in [1.54, 1.807) is 18.2 Å². The van der Waals surface area contributed by atoms with Crippen molar-refractivity contribution in [3.63, 3.8) is 0 Å². The SMILES string of the molecule is COc1cc(OC)cc(C(=O)OCc2ccc3n[nH]nc3c2)c1. The summed E-state index contributed by atoms with van der Waals surface area (Å²) in [5, 5.41) is 10.5. The Morgan fingerprint density at radius 3 is 2.39 bits per heavy atom. The van der Waals surface area contributed by atoms with Gasteiger partial charge < -0.3 is 14.2 Å². The largest absolute Gasteiger partial charge is 0.497 e. The summed E-state index contributed by atoms with van der Waals surface area (Å²) in [6, 6.07) is 10.4. The third-order valence-electron chi connectivity index (χ3n) is 3.34. The highest BCUT2D eigenvalue weighted by molar-refractivity contribution is 5.90. The summed E-state index contributed by atoms with van der Waals surface area (Å²) >= 11 is 0. The minimum atomic E-state index is -0.456. The van der Waals surface area contributed by atoms with Gasteiger partial charge in [0.1, 0.15) is 29.1 Å². The summed E-state index contributed by atoms with van der Waals surface area (Å²) in [5.74, 6) is 0.600. The number of aromatic nitrogens is 3. The number of carbonyl (C=O) groups excluding carboxylic acids is 1. The number of hydrogen-bond donors (Lipinski definition) is 1. The van der Waals surface area contributed by atoms with Crippen molar-refractivity contribution in [1.82, 2.24) is 15.4 Å². The predicted molar refractivity (Wildman–Crippen MR) is 82.6 cm³/mol. The van der Waals surface area contributed by atoms with Crippen LogP contribution in [0.25, 0.3) is 11.0 Å². The van der Waals surface area contributed by atoms with Crippen LogP contribution in [-0.2, 0) is 11.3 Å². The number of hydrogen-bond acceptors (Lipinski definition) is 6. The average molecular weight is 313 g/mol. The zero-order chi connectivity index (χ0) is 16.2. The lowest BCUT2D eigenvalue weighted by Crippen LogP contribution is -2.06. The fraction of sp³-hybridized carbons (Fsp3) is 0.188. The quantitative estimate of drug-likeness (QED) is 0.728. The highest BCUT2D eigenvalue weighted by Crippen LogP contribution is 2.23. The van der Waals surface area contributed by atoms with Crippen LogP contribution in [0.4, 0.5) is 0 Å². The number of nitrogens with zero attached hydrogens (tertiary/aromatic N) is 2. The normalized spacial score (nSPS) is 10.5. The molecule has 7 nitrogen and oxygen atoms in total. The van der Waals surface area contributed by atoms with Crippen LogP contribution in [0, 0.1) is 0 Å². The van der Waals surface area contributed by atoms with Crippen molar-refractivity contribution in [3.8, 4) is 11.5 Å². The van der Waals surface area contributed by atoms with E-state index in [1.165, 1.54) is 14.2 Å². The van der Waals surface area contributed by atoms with E-state index in [1.807, 2.05) is 18.2 Å². The molecule has 118 valence electrons. The first-order chi connectivity index (χ1) is 11.2. The number of H-pyrrole nitrogens is 1. The molecule has 0 saturated heterocycles. The Bertz CT molecular complexity index is 822. The zero-order valence-electron chi connectivity index (χ0n) is 12.7. The Kier molecular flexibility index (Phi) is 4.09. The maximum absolute atomic E-state index is 12.2. The molecular formula is C16H15N3O4. The van der Waals surface area contributed by atoms with E-state index in [0.717, 1.165) is 16.6 Å². The molecule has 23 heavy (non-hydrogen) atoms. The number of ether oxygens (including phenoxy) is 3. The summed E-state index contributed by atoms with van der Waals surface area (Å²) < 4.78 is 15.6. The van der Waals surface area contributed by atoms with Crippen molar-refractivity contribution in [2.45, 2.75) is 6.61 Å². The Balaban J connectivity index is 1.73. The molecule has 0 aliphatic carbocycles. The maximum Gasteiger partial charge on any atom is 0.338 e. The Morgan fingerprint density at radius 1 is 1.00 bits per heavy atom. The van der Waals surface area contributed by atoms with Gasteiger partial charge in [-0.15, -0.1) is 0 Å². The van der Waals surface area contributed by atoms with Crippen LogP contribution >= 0.6 is 0 Å². The number of benzene rings is 2. The van der Waals surface area contributed by atoms with Gasteiger partial charge in [0.15, 0.2) is 0 Å². The summed E-state index contributed by atoms with van der Waals surface area (Å²) in [6.45, 7) is 0.140. The molecule has 7 heteroatoms. The van der Waals surface area contributed by atoms with Crippen molar-refractivity contribution < 1.29 is 19.0 Å². The van der Waals surface area contributed by atoms with Crippen LogP contribution in [0.15, 0.2) is 36.4 Å². The second kappa shape index (κ2) is 6.35. The van der Waals surface area contributed by atoms with Gasteiger partial charge in [-0.1, -0.05) is 6.07 Å². The number of esters is 1. The molecule has 0 unspecified atom stereocenters. The predicted octanol–water partition coefficient (Wildman–Crippen LogP) is 2.33. The minimum Gasteiger partial charge on any atom is -0.497 e. The summed E-state index contributed by atoms with van der Waals surface area (Å²) in [6.07, 6.45) is 0.